The zero-order valence-corrected chi connectivity index (χ0v) is 12.0. The molecule has 2 aliphatic rings. The van der Waals surface area contributed by atoms with Gasteiger partial charge in [-0.15, -0.1) is 0 Å². The molecule has 2 heterocycles. The second-order valence-corrected chi connectivity index (χ2v) is 6.27. The zero-order valence-electron chi connectivity index (χ0n) is 12.0. The molecule has 0 radical (unpaired) electrons. The Balaban J connectivity index is 1.75. The highest BCUT2D eigenvalue weighted by Crippen LogP contribution is 2.22. The van der Waals surface area contributed by atoms with Gasteiger partial charge in [-0.3, -0.25) is 14.5 Å². The van der Waals surface area contributed by atoms with Crippen molar-refractivity contribution in [2.45, 2.75) is 38.2 Å². The predicted molar refractivity (Wildman–Crippen MR) is 73.2 cm³/mol. The van der Waals surface area contributed by atoms with Crippen molar-refractivity contribution in [2.75, 3.05) is 32.7 Å². The fourth-order valence-corrected chi connectivity index (χ4v) is 2.86. The summed E-state index contributed by atoms with van der Waals surface area (Å²) in [6.45, 7) is 4.79. The molecular weight excluding hydrogens is 260 g/mol. The van der Waals surface area contributed by atoms with Gasteiger partial charge in [0.05, 0.1) is 18.1 Å². The molecule has 2 fully saturated rings. The Labute approximate surface area is 119 Å². The molecule has 0 spiro atoms. The van der Waals surface area contributed by atoms with E-state index in [9.17, 15) is 14.7 Å². The fourth-order valence-electron chi connectivity index (χ4n) is 2.86. The van der Waals surface area contributed by atoms with Gasteiger partial charge in [-0.05, 0) is 32.6 Å². The number of carbonyl (C=O) groups excluding carboxylic acids is 1. The molecule has 0 aliphatic carbocycles. The Morgan fingerprint density at radius 1 is 1.15 bits per heavy atom. The summed E-state index contributed by atoms with van der Waals surface area (Å²) in [5, 5.41) is 18.8. The highest BCUT2D eigenvalue weighted by Gasteiger charge is 2.31. The number of nitrogens with zero attached hydrogens (tertiary/aromatic N) is 2. The van der Waals surface area contributed by atoms with Crippen molar-refractivity contribution in [1.82, 2.24) is 9.80 Å². The number of carboxylic acids is 1. The Hall–Kier alpha value is -1.14. The van der Waals surface area contributed by atoms with Gasteiger partial charge in [0.25, 0.3) is 0 Å². The minimum atomic E-state index is -0.754. The number of hydrogen-bond donors (Lipinski definition) is 2. The highest BCUT2D eigenvalue weighted by molar-refractivity contribution is 5.79. The maximum atomic E-state index is 12.2. The van der Waals surface area contributed by atoms with Crippen LogP contribution in [0.2, 0.25) is 0 Å². The van der Waals surface area contributed by atoms with Crippen molar-refractivity contribution in [3.63, 3.8) is 0 Å². The number of likely N-dealkylation sites (tertiary alicyclic amines) is 2. The summed E-state index contributed by atoms with van der Waals surface area (Å²) < 4.78 is 0. The van der Waals surface area contributed by atoms with Crippen molar-refractivity contribution < 1.29 is 19.8 Å². The lowest BCUT2D eigenvalue weighted by Gasteiger charge is -2.37. The van der Waals surface area contributed by atoms with Gasteiger partial charge in [-0.2, -0.15) is 0 Å². The van der Waals surface area contributed by atoms with E-state index in [2.05, 4.69) is 4.90 Å². The summed E-state index contributed by atoms with van der Waals surface area (Å²) in [5.41, 5.74) is -0.598. The second-order valence-electron chi connectivity index (χ2n) is 6.27. The van der Waals surface area contributed by atoms with Gasteiger partial charge >= 0.3 is 5.97 Å². The molecule has 20 heavy (non-hydrogen) atoms. The summed E-state index contributed by atoms with van der Waals surface area (Å²) in [5.74, 6) is -0.977. The number of amides is 1. The van der Waals surface area contributed by atoms with Gasteiger partial charge in [0.1, 0.15) is 0 Å². The summed E-state index contributed by atoms with van der Waals surface area (Å²) in [4.78, 5) is 26.9. The smallest absolute Gasteiger partial charge is 0.306 e. The molecular formula is C14H24N2O4. The zero-order chi connectivity index (χ0) is 14.8. The van der Waals surface area contributed by atoms with E-state index in [1.165, 1.54) is 0 Å². The number of carboxylic acid groups (broad SMARTS) is 1. The number of aliphatic hydroxyl groups is 1. The maximum Gasteiger partial charge on any atom is 0.306 e. The van der Waals surface area contributed by atoms with Crippen molar-refractivity contribution in [3.8, 4) is 0 Å². The maximum absolute atomic E-state index is 12.2. The van der Waals surface area contributed by atoms with Crippen LogP contribution in [0.15, 0.2) is 0 Å². The molecule has 0 atom stereocenters. The SMILES string of the molecule is CC1(O)CCN(CC(=O)N2CCC(C(=O)O)CC2)CC1. The molecule has 0 unspecified atom stereocenters. The van der Waals surface area contributed by atoms with Gasteiger partial charge in [-0.25, -0.2) is 0 Å². The first-order valence-corrected chi connectivity index (χ1v) is 7.33. The number of rotatable bonds is 3. The molecule has 0 aromatic heterocycles. The lowest BCUT2D eigenvalue weighted by atomic mass is 9.94. The van der Waals surface area contributed by atoms with Crippen molar-refractivity contribution in [3.05, 3.63) is 0 Å². The molecule has 2 N–H and O–H groups in total. The third kappa shape index (κ3) is 3.93. The topological polar surface area (TPSA) is 81.1 Å². The number of piperidine rings is 2. The largest absolute Gasteiger partial charge is 0.481 e. The van der Waals surface area contributed by atoms with Gasteiger partial charge in [0, 0.05) is 26.2 Å². The van der Waals surface area contributed by atoms with E-state index in [4.69, 9.17) is 5.11 Å². The van der Waals surface area contributed by atoms with Crippen LogP contribution >= 0.6 is 0 Å². The molecule has 0 aromatic rings. The van der Waals surface area contributed by atoms with E-state index in [0.29, 0.717) is 45.3 Å². The van der Waals surface area contributed by atoms with Crippen LogP contribution in [0.5, 0.6) is 0 Å². The Kier molecular flexibility index (Phi) is 4.65. The molecule has 1 amide bonds. The molecule has 2 rings (SSSR count). The Morgan fingerprint density at radius 3 is 2.20 bits per heavy atom. The molecule has 0 bridgehead atoms. The third-order valence-corrected chi connectivity index (χ3v) is 4.49. The molecule has 6 heteroatoms. The minimum Gasteiger partial charge on any atom is -0.481 e. The van der Waals surface area contributed by atoms with Crippen LogP contribution in [0, 0.1) is 5.92 Å². The van der Waals surface area contributed by atoms with Crippen LogP contribution < -0.4 is 0 Å². The summed E-state index contributed by atoms with van der Waals surface area (Å²) in [6.07, 6.45) is 2.49. The van der Waals surface area contributed by atoms with E-state index < -0.39 is 11.6 Å². The van der Waals surface area contributed by atoms with Gasteiger partial charge in [-0.1, -0.05) is 0 Å². The summed E-state index contributed by atoms with van der Waals surface area (Å²) in [6, 6.07) is 0. The normalized spacial score (nSPS) is 24.6. The number of hydrogen-bond acceptors (Lipinski definition) is 4. The Morgan fingerprint density at radius 2 is 1.70 bits per heavy atom. The monoisotopic (exact) mass is 284 g/mol. The fraction of sp³-hybridized carbons (Fsp3) is 0.857. The number of carbonyl (C=O) groups is 2. The minimum absolute atomic E-state index is 0.0791. The highest BCUT2D eigenvalue weighted by atomic mass is 16.4. The third-order valence-electron chi connectivity index (χ3n) is 4.49. The van der Waals surface area contributed by atoms with Crippen LogP contribution in [-0.4, -0.2) is 70.2 Å². The Bertz CT molecular complexity index is 365. The molecule has 2 saturated heterocycles. The van der Waals surface area contributed by atoms with Gasteiger partial charge < -0.3 is 15.1 Å². The first-order valence-electron chi connectivity index (χ1n) is 7.33. The van der Waals surface area contributed by atoms with Crippen LogP contribution in [0.25, 0.3) is 0 Å². The molecule has 0 saturated carbocycles. The van der Waals surface area contributed by atoms with Crippen LogP contribution in [0.3, 0.4) is 0 Å². The molecule has 2 aliphatic heterocycles. The summed E-state index contributed by atoms with van der Waals surface area (Å²) in [7, 11) is 0. The number of aliphatic carboxylic acids is 1. The van der Waals surface area contributed by atoms with Crippen molar-refractivity contribution in [1.29, 1.82) is 0 Å². The van der Waals surface area contributed by atoms with E-state index in [0.717, 1.165) is 13.1 Å². The van der Waals surface area contributed by atoms with Gasteiger partial charge in [0.15, 0.2) is 0 Å². The van der Waals surface area contributed by atoms with Gasteiger partial charge in [0.2, 0.25) is 5.91 Å². The molecule has 6 nitrogen and oxygen atoms in total. The second kappa shape index (κ2) is 6.10. The predicted octanol–water partition coefficient (Wildman–Crippen LogP) is 0.156. The first-order chi connectivity index (χ1) is 9.37. The van der Waals surface area contributed by atoms with E-state index >= 15 is 0 Å². The quantitative estimate of drug-likeness (QED) is 0.771. The lowest BCUT2D eigenvalue weighted by molar-refractivity contribution is -0.146. The first kappa shape index (κ1) is 15.3. The van der Waals surface area contributed by atoms with Crippen LogP contribution in [-0.2, 0) is 9.59 Å². The van der Waals surface area contributed by atoms with E-state index in [1.807, 2.05) is 6.92 Å². The van der Waals surface area contributed by atoms with Crippen LogP contribution in [0.1, 0.15) is 32.6 Å². The molecule has 0 aromatic carbocycles. The van der Waals surface area contributed by atoms with Crippen molar-refractivity contribution in [2.24, 2.45) is 5.92 Å². The lowest BCUT2D eigenvalue weighted by Crippen LogP contribution is -2.49. The average Bonchev–Trinajstić information content (AvgIpc) is 2.41. The summed E-state index contributed by atoms with van der Waals surface area (Å²) >= 11 is 0. The standard InChI is InChI=1S/C14H24N2O4/c1-14(20)4-8-15(9-5-14)10-12(17)16-6-2-11(3-7-16)13(18)19/h11,20H,2-10H2,1H3,(H,18,19). The average molecular weight is 284 g/mol. The van der Waals surface area contributed by atoms with E-state index in [-0.39, 0.29) is 11.8 Å². The molecule has 114 valence electrons. The van der Waals surface area contributed by atoms with Crippen LogP contribution in [0.4, 0.5) is 0 Å². The van der Waals surface area contributed by atoms with Crippen molar-refractivity contribution >= 4 is 11.9 Å². The van der Waals surface area contributed by atoms with E-state index in [1.54, 1.807) is 4.90 Å².